The minimum Gasteiger partial charge on any atom is -0.476 e. The first kappa shape index (κ1) is 11.4. The molecule has 0 aliphatic heterocycles. The van der Waals surface area contributed by atoms with E-state index in [9.17, 15) is 18.0 Å². The highest BCUT2D eigenvalue weighted by Gasteiger charge is 2.31. The van der Waals surface area contributed by atoms with E-state index < -0.39 is 17.7 Å². The molecule has 90 valence electrons. The second kappa shape index (κ2) is 3.47. The van der Waals surface area contributed by atoms with E-state index in [2.05, 4.69) is 5.10 Å². The van der Waals surface area contributed by atoms with Crippen LogP contribution in [0.3, 0.4) is 0 Å². The Kier molecular flexibility index (Phi) is 2.34. The van der Waals surface area contributed by atoms with E-state index in [4.69, 9.17) is 5.11 Å². The molecule has 0 fully saturated rings. The zero-order valence-electron chi connectivity index (χ0n) is 8.62. The lowest BCUT2D eigenvalue weighted by Crippen LogP contribution is -2.04. The van der Waals surface area contributed by atoms with Crippen molar-refractivity contribution in [1.82, 2.24) is 9.78 Å². The fourth-order valence-electron chi connectivity index (χ4n) is 1.60. The molecule has 7 heteroatoms. The van der Waals surface area contributed by atoms with Gasteiger partial charge in [0.25, 0.3) is 0 Å². The fourth-order valence-corrected chi connectivity index (χ4v) is 1.60. The Balaban J connectivity index is 2.75. The molecule has 0 aliphatic carbocycles. The number of carboxylic acids is 1. The Morgan fingerprint density at radius 2 is 2.06 bits per heavy atom. The number of rotatable bonds is 1. The van der Waals surface area contributed by atoms with Gasteiger partial charge in [-0.25, -0.2) is 4.79 Å². The molecule has 1 N–H and O–H groups in total. The summed E-state index contributed by atoms with van der Waals surface area (Å²) >= 11 is 0. The zero-order valence-corrected chi connectivity index (χ0v) is 8.62. The predicted octanol–water partition coefficient (Wildman–Crippen LogP) is 2.29. The van der Waals surface area contributed by atoms with Gasteiger partial charge >= 0.3 is 12.1 Å². The van der Waals surface area contributed by atoms with E-state index in [1.54, 1.807) is 0 Å². The van der Waals surface area contributed by atoms with Crippen LogP contribution in [0.2, 0.25) is 0 Å². The first-order chi connectivity index (χ1) is 7.80. The Bertz CT molecular complexity index is 601. The highest BCUT2D eigenvalue weighted by Crippen LogP contribution is 2.32. The smallest absolute Gasteiger partial charge is 0.416 e. The van der Waals surface area contributed by atoms with Crippen LogP contribution in [0.25, 0.3) is 10.9 Å². The van der Waals surface area contributed by atoms with Gasteiger partial charge in [-0.15, -0.1) is 0 Å². The molecule has 1 heterocycles. The molecular weight excluding hydrogens is 237 g/mol. The highest BCUT2D eigenvalue weighted by atomic mass is 19.4. The number of hydrogen-bond donors (Lipinski definition) is 1. The number of hydrogen-bond acceptors (Lipinski definition) is 2. The molecule has 0 atom stereocenters. The van der Waals surface area contributed by atoms with Crippen LogP contribution in [0, 0.1) is 0 Å². The van der Waals surface area contributed by atoms with Crippen LogP contribution in [-0.4, -0.2) is 20.9 Å². The van der Waals surface area contributed by atoms with Crippen molar-refractivity contribution >= 4 is 16.9 Å². The number of fused-ring (bicyclic) bond motifs is 1. The first-order valence-electron chi connectivity index (χ1n) is 4.58. The summed E-state index contributed by atoms with van der Waals surface area (Å²) < 4.78 is 38.7. The molecule has 0 radical (unpaired) electrons. The minimum absolute atomic E-state index is 0.0187. The number of halogens is 3. The lowest BCUT2D eigenvalue weighted by molar-refractivity contribution is -0.137. The Hall–Kier alpha value is -2.05. The van der Waals surface area contributed by atoms with Crippen molar-refractivity contribution in [2.24, 2.45) is 7.05 Å². The minimum atomic E-state index is -4.50. The van der Waals surface area contributed by atoms with Crippen molar-refractivity contribution in [2.45, 2.75) is 6.18 Å². The van der Waals surface area contributed by atoms with Crippen LogP contribution in [-0.2, 0) is 13.2 Å². The number of alkyl halides is 3. The van der Waals surface area contributed by atoms with E-state index >= 15 is 0 Å². The van der Waals surface area contributed by atoms with E-state index in [-0.39, 0.29) is 11.1 Å². The molecule has 2 aromatic rings. The number of carbonyl (C=O) groups is 1. The molecule has 0 aliphatic rings. The topological polar surface area (TPSA) is 55.1 Å². The summed E-state index contributed by atoms with van der Waals surface area (Å²) in [5.74, 6) is -1.35. The lowest BCUT2D eigenvalue weighted by atomic mass is 10.1. The number of aromatic nitrogens is 2. The van der Waals surface area contributed by atoms with Crippen molar-refractivity contribution in [3.05, 3.63) is 29.5 Å². The molecule has 0 amide bonds. The molecule has 2 rings (SSSR count). The third-order valence-electron chi connectivity index (χ3n) is 2.38. The second-order valence-electron chi connectivity index (χ2n) is 3.51. The van der Waals surface area contributed by atoms with Gasteiger partial charge in [0, 0.05) is 12.4 Å². The molecule has 1 aromatic heterocycles. The molecule has 0 saturated heterocycles. The third-order valence-corrected chi connectivity index (χ3v) is 2.38. The molecule has 0 saturated carbocycles. The van der Waals surface area contributed by atoms with Gasteiger partial charge < -0.3 is 5.11 Å². The number of aryl methyl sites for hydroxylation is 1. The maximum Gasteiger partial charge on any atom is 0.416 e. The maximum absolute atomic E-state index is 12.5. The average Bonchev–Trinajstić information content (AvgIpc) is 2.54. The van der Waals surface area contributed by atoms with Gasteiger partial charge in [0.15, 0.2) is 5.69 Å². The van der Waals surface area contributed by atoms with Crippen LogP contribution in [0.4, 0.5) is 13.2 Å². The van der Waals surface area contributed by atoms with Crippen molar-refractivity contribution in [2.75, 3.05) is 0 Å². The molecule has 1 aromatic carbocycles. The fraction of sp³-hybridized carbons (Fsp3) is 0.200. The van der Waals surface area contributed by atoms with Gasteiger partial charge in [-0.3, -0.25) is 4.68 Å². The third kappa shape index (κ3) is 1.83. The van der Waals surface area contributed by atoms with E-state index in [1.165, 1.54) is 17.8 Å². The van der Waals surface area contributed by atoms with Crippen LogP contribution in [0.5, 0.6) is 0 Å². The van der Waals surface area contributed by atoms with Gasteiger partial charge in [0.1, 0.15) is 0 Å². The van der Waals surface area contributed by atoms with E-state index in [0.717, 1.165) is 12.1 Å². The van der Waals surface area contributed by atoms with Crippen molar-refractivity contribution < 1.29 is 23.1 Å². The van der Waals surface area contributed by atoms with Crippen molar-refractivity contribution in [3.8, 4) is 0 Å². The summed E-state index contributed by atoms with van der Waals surface area (Å²) in [5, 5.41) is 12.5. The van der Waals surface area contributed by atoms with Gasteiger partial charge in [0.2, 0.25) is 0 Å². The lowest BCUT2D eigenvalue weighted by Gasteiger charge is -2.06. The van der Waals surface area contributed by atoms with Crippen LogP contribution < -0.4 is 0 Å². The Morgan fingerprint density at radius 1 is 1.41 bits per heavy atom. The quantitative estimate of drug-likeness (QED) is 0.837. The molecule has 17 heavy (non-hydrogen) atoms. The summed E-state index contributed by atoms with van der Waals surface area (Å²) in [6.45, 7) is 0. The van der Waals surface area contributed by atoms with Crippen LogP contribution in [0.1, 0.15) is 16.1 Å². The number of nitrogens with zero attached hydrogens (tertiary/aromatic N) is 2. The summed E-state index contributed by atoms with van der Waals surface area (Å²) in [6.07, 6.45) is -4.50. The van der Waals surface area contributed by atoms with Gasteiger partial charge in [-0.1, -0.05) is 0 Å². The summed E-state index contributed by atoms with van der Waals surface area (Å²) in [7, 11) is 1.47. The SMILES string of the molecule is Cn1nc(C(=O)O)c2cc(C(F)(F)F)ccc21. The standard InChI is InChI=1S/C10H7F3N2O2/c1-15-7-3-2-5(10(11,12)13)4-6(7)8(14-15)9(16)17/h2-4H,1H3,(H,16,17). The number of carboxylic acid groups (broad SMARTS) is 1. The zero-order chi connectivity index (χ0) is 12.8. The van der Waals surface area contributed by atoms with Crippen molar-refractivity contribution in [3.63, 3.8) is 0 Å². The van der Waals surface area contributed by atoms with E-state index in [0.29, 0.717) is 5.52 Å². The molecule has 0 bridgehead atoms. The van der Waals surface area contributed by atoms with Gasteiger partial charge in [-0.2, -0.15) is 18.3 Å². The summed E-state index contributed by atoms with van der Waals surface area (Å²) in [4.78, 5) is 10.8. The molecule has 4 nitrogen and oxygen atoms in total. The largest absolute Gasteiger partial charge is 0.476 e. The van der Waals surface area contributed by atoms with Crippen LogP contribution >= 0.6 is 0 Å². The second-order valence-corrected chi connectivity index (χ2v) is 3.51. The Morgan fingerprint density at radius 3 is 2.59 bits per heavy atom. The van der Waals surface area contributed by atoms with E-state index in [1.807, 2.05) is 0 Å². The number of benzene rings is 1. The molecular formula is C10H7F3N2O2. The first-order valence-corrected chi connectivity index (χ1v) is 4.58. The monoisotopic (exact) mass is 244 g/mol. The van der Waals surface area contributed by atoms with Gasteiger partial charge in [0.05, 0.1) is 11.1 Å². The highest BCUT2D eigenvalue weighted by molar-refractivity contribution is 6.01. The molecule has 0 spiro atoms. The molecule has 0 unspecified atom stereocenters. The Labute approximate surface area is 93.3 Å². The van der Waals surface area contributed by atoms with Crippen molar-refractivity contribution in [1.29, 1.82) is 0 Å². The summed E-state index contributed by atoms with van der Waals surface area (Å²) in [6, 6.07) is 2.90. The van der Waals surface area contributed by atoms with Gasteiger partial charge in [-0.05, 0) is 18.2 Å². The maximum atomic E-state index is 12.5. The number of aromatic carboxylic acids is 1. The van der Waals surface area contributed by atoms with Crippen LogP contribution in [0.15, 0.2) is 18.2 Å². The summed E-state index contributed by atoms with van der Waals surface area (Å²) in [5.41, 5.74) is -0.926. The normalized spacial score (nSPS) is 12.0. The average molecular weight is 244 g/mol. The predicted molar refractivity (Wildman–Crippen MR) is 52.7 cm³/mol.